The highest BCUT2D eigenvalue weighted by Crippen LogP contribution is 1.86. The van der Waals surface area contributed by atoms with E-state index in [0.29, 0.717) is 6.42 Å². The van der Waals surface area contributed by atoms with Gasteiger partial charge in [0.15, 0.2) is 12.4 Å². The van der Waals surface area contributed by atoms with E-state index in [4.69, 9.17) is 0 Å². The first-order valence-corrected chi connectivity index (χ1v) is 3.62. The molecule has 0 rings (SSSR count). The molecule has 4 heteroatoms. The first-order chi connectivity index (χ1) is 4.70. The molecule has 10 heavy (non-hydrogen) atoms. The molecule has 0 atom stereocenters. The van der Waals surface area contributed by atoms with E-state index in [1.165, 1.54) is 0 Å². The van der Waals surface area contributed by atoms with Crippen molar-refractivity contribution in [1.29, 1.82) is 0 Å². The van der Waals surface area contributed by atoms with Gasteiger partial charge in [0.2, 0.25) is 0 Å². The van der Waals surface area contributed by atoms with Crippen molar-refractivity contribution in [3.05, 3.63) is 0 Å². The molecule has 0 saturated heterocycles. The maximum Gasteiger partial charge on any atom is 0.305 e. The van der Waals surface area contributed by atoms with Gasteiger partial charge in [-0.25, -0.2) is 0 Å². The molecule has 0 bridgehead atoms. The van der Waals surface area contributed by atoms with Gasteiger partial charge in [0.25, 0.3) is 0 Å². The lowest BCUT2D eigenvalue weighted by molar-refractivity contribution is -0.147. The van der Waals surface area contributed by atoms with E-state index < -0.39 is 0 Å². The summed E-state index contributed by atoms with van der Waals surface area (Å²) >= 11 is 3.71. The predicted octanol–water partition coefficient (Wildman–Crippen LogP) is 0.439. The monoisotopic (exact) mass is 162 g/mol. The van der Waals surface area contributed by atoms with Crippen LogP contribution < -0.4 is 0 Å². The van der Waals surface area contributed by atoms with Gasteiger partial charge in [-0.1, -0.05) is 6.92 Å². The second kappa shape index (κ2) is 5.29. The molecule has 0 fully saturated rings. The highest BCUT2D eigenvalue weighted by Gasteiger charge is 2.02. The minimum Gasteiger partial charge on any atom is -0.458 e. The zero-order valence-electron chi connectivity index (χ0n) is 5.79. The van der Waals surface area contributed by atoms with E-state index in [-0.39, 0.29) is 24.1 Å². The normalized spacial score (nSPS) is 9.00. The molecule has 58 valence electrons. The summed E-state index contributed by atoms with van der Waals surface area (Å²) in [5.41, 5.74) is 0. The molecule has 0 aromatic heterocycles. The molecule has 0 N–H and O–H groups in total. The molecule has 0 unspecified atom stereocenters. The van der Waals surface area contributed by atoms with Crippen molar-refractivity contribution < 1.29 is 14.3 Å². The average molecular weight is 162 g/mol. The molecule has 0 spiro atoms. The Bertz CT molecular complexity index is 117. The van der Waals surface area contributed by atoms with E-state index in [1.807, 2.05) is 0 Å². The van der Waals surface area contributed by atoms with Gasteiger partial charge in [-0.2, -0.15) is 12.6 Å². The van der Waals surface area contributed by atoms with E-state index in [9.17, 15) is 9.59 Å². The van der Waals surface area contributed by atoms with Gasteiger partial charge in [-0.15, -0.1) is 0 Å². The molecular weight excluding hydrogens is 152 g/mol. The van der Waals surface area contributed by atoms with Gasteiger partial charge in [-0.3, -0.25) is 9.59 Å². The molecule has 0 aliphatic heterocycles. The maximum atomic E-state index is 10.5. The quantitative estimate of drug-likeness (QED) is 0.482. The minimum atomic E-state index is -0.352. The number of ether oxygens (including phenoxy) is 1. The Hall–Kier alpha value is -0.510. The zero-order valence-corrected chi connectivity index (χ0v) is 6.69. The van der Waals surface area contributed by atoms with Gasteiger partial charge in [-0.05, 0) is 0 Å². The lowest BCUT2D eigenvalue weighted by Crippen LogP contribution is -2.13. The van der Waals surface area contributed by atoms with Crippen LogP contribution >= 0.6 is 12.6 Å². The predicted molar refractivity (Wildman–Crippen MR) is 40.1 cm³/mol. The van der Waals surface area contributed by atoms with Gasteiger partial charge in [0.1, 0.15) is 0 Å². The fourth-order valence-corrected chi connectivity index (χ4v) is 0.400. The van der Waals surface area contributed by atoms with E-state index in [0.717, 1.165) is 0 Å². The van der Waals surface area contributed by atoms with E-state index in [2.05, 4.69) is 17.4 Å². The van der Waals surface area contributed by atoms with Crippen molar-refractivity contribution in [3.63, 3.8) is 0 Å². The molecular formula is C6H10O3S. The van der Waals surface area contributed by atoms with Crippen molar-refractivity contribution in [2.75, 3.05) is 12.4 Å². The number of ketones is 1. The van der Waals surface area contributed by atoms with E-state index in [1.54, 1.807) is 6.92 Å². The number of Topliss-reactive ketones (excluding diaryl/α,β-unsaturated/α-hetero) is 1. The Kier molecular flexibility index (Phi) is 5.02. The molecule has 0 saturated carbocycles. The number of hydrogen-bond donors (Lipinski definition) is 1. The number of esters is 1. The second-order valence-corrected chi connectivity index (χ2v) is 2.03. The summed E-state index contributed by atoms with van der Waals surface area (Å²) in [5.74, 6) is -0.406. The summed E-state index contributed by atoms with van der Waals surface area (Å²) in [5, 5.41) is 0. The van der Waals surface area contributed by atoms with Gasteiger partial charge < -0.3 is 4.74 Å². The molecule has 0 aromatic rings. The zero-order chi connectivity index (χ0) is 7.98. The SMILES string of the molecule is CCC(=O)OCC(=O)CS. The minimum absolute atomic E-state index is 0.122. The Morgan fingerprint density at radius 3 is 2.50 bits per heavy atom. The molecule has 0 aliphatic rings. The summed E-state index contributed by atoms with van der Waals surface area (Å²) in [6.45, 7) is 1.53. The molecule has 0 aromatic carbocycles. The van der Waals surface area contributed by atoms with Crippen molar-refractivity contribution in [2.24, 2.45) is 0 Å². The number of thiol groups is 1. The Balaban J connectivity index is 3.35. The fourth-order valence-electron chi connectivity index (χ4n) is 0.309. The fraction of sp³-hybridized carbons (Fsp3) is 0.667. The van der Waals surface area contributed by atoms with Crippen molar-refractivity contribution in [2.45, 2.75) is 13.3 Å². The lowest BCUT2D eigenvalue weighted by Gasteiger charge is -1.98. The summed E-state index contributed by atoms with van der Waals surface area (Å²) in [4.78, 5) is 20.9. The van der Waals surface area contributed by atoms with Crippen LogP contribution in [0.15, 0.2) is 0 Å². The Morgan fingerprint density at radius 1 is 1.50 bits per heavy atom. The Morgan fingerprint density at radius 2 is 2.10 bits per heavy atom. The van der Waals surface area contributed by atoms with Crippen LogP contribution in [-0.2, 0) is 14.3 Å². The van der Waals surface area contributed by atoms with Crippen molar-refractivity contribution in [1.82, 2.24) is 0 Å². The van der Waals surface area contributed by atoms with Crippen LogP contribution in [0.1, 0.15) is 13.3 Å². The summed E-state index contributed by atoms with van der Waals surface area (Å²) in [6, 6.07) is 0. The third-order valence-electron chi connectivity index (χ3n) is 0.859. The van der Waals surface area contributed by atoms with Crippen LogP contribution in [0.3, 0.4) is 0 Å². The molecule has 0 heterocycles. The van der Waals surface area contributed by atoms with Crippen LogP contribution in [-0.4, -0.2) is 24.1 Å². The standard InChI is InChI=1S/C6H10O3S/c1-2-6(8)9-3-5(7)4-10/h10H,2-4H2,1H3. The molecule has 0 aliphatic carbocycles. The van der Waals surface area contributed by atoms with Crippen LogP contribution in [0.25, 0.3) is 0 Å². The van der Waals surface area contributed by atoms with Crippen LogP contribution in [0.5, 0.6) is 0 Å². The molecule has 0 radical (unpaired) electrons. The third kappa shape index (κ3) is 4.38. The number of carbonyl (C=O) groups excluding carboxylic acids is 2. The van der Waals surface area contributed by atoms with Gasteiger partial charge in [0, 0.05) is 6.42 Å². The average Bonchev–Trinajstić information content (AvgIpc) is 1.99. The topological polar surface area (TPSA) is 43.4 Å². The van der Waals surface area contributed by atoms with Crippen LogP contribution in [0.2, 0.25) is 0 Å². The highest BCUT2D eigenvalue weighted by molar-refractivity contribution is 7.81. The summed E-state index contributed by atoms with van der Waals surface area (Å²) in [7, 11) is 0. The number of rotatable bonds is 4. The smallest absolute Gasteiger partial charge is 0.305 e. The second-order valence-electron chi connectivity index (χ2n) is 1.71. The first kappa shape index (κ1) is 9.49. The van der Waals surface area contributed by atoms with E-state index >= 15 is 0 Å². The van der Waals surface area contributed by atoms with Crippen molar-refractivity contribution >= 4 is 24.4 Å². The summed E-state index contributed by atoms with van der Waals surface area (Å²) in [6.07, 6.45) is 0.305. The van der Waals surface area contributed by atoms with Gasteiger partial charge >= 0.3 is 5.97 Å². The van der Waals surface area contributed by atoms with Crippen molar-refractivity contribution in [3.8, 4) is 0 Å². The third-order valence-corrected chi connectivity index (χ3v) is 1.21. The maximum absolute atomic E-state index is 10.5. The lowest BCUT2D eigenvalue weighted by atomic mass is 10.4. The van der Waals surface area contributed by atoms with Crippen LogP contribution in [0, 0.1) is 0 Å². The largest absolute Gasteiger partial charge is 0.458 e. The number of carbonyl (C=O) groups is 2. The Labute approximate surface area is 65.2 Å². The first-order valence-electron chi connectivity index (χ1n) is 2.99. The summed E-state index contributed by atoms with van der Waals surface area (Å²) < 4.78 is 4.51. The molecule has 0 amide bonds. The van der Waals surface area contributed by atoms with Gasteiger partial charge in [0.05, 0.1) is 5.75 Å². The highest BCUT2D eigenvalue weighted by atomic mass is 32.1. The molecule has 3 nitrogen and oxygen atoms in total. The van der Waals surface area contributed by atoms with Crippen LogP contribution in [0.4, 0.5) is 0 Å². The number of hydrogen-bond acceptors (Lipinski definition) is 4.